The fourth-order valence-electron chi connectivity index (χ4n) is 2.15. The van der Waals surface area contributed by atoms with E-state index in [4.69, 9.17) is 5.73 Å². The highest BCUT2D eigenvalue weighted by molar-refractivity contribution is 7.11. The van der Waals surface area contributed by atoms with Gasteiger partial charge in [-0.05, 0) is 41.4 Å². The van der Waals surface area contributed by atoms with Crippen molar-refractivity contribution in [2.24, 2.45) is 0 Å². The van der Waals surface area contributed by atoms with Crippen LogP contribution in [0.15, 0.2) is 48.9 Å². The molecule has 0 unspecified atom stereocenters. The molecule has 3 rings (SSSR count). The van der Waals surface area contributed by atoms with Gasteiger partial charge in [0.25, 0.3) is 0 Å². The monoisotopic (exact) mass is 297 g/mol. The Balaban J connectivity index is 1.93. The van der Waals surface area contributed by atoms with Crippen LogP contribution < -0.4 is 10.6 Å². The molecule has 0 aliphatic heterocycles. The molecule has 0 aromatic carbocycles. The van der Waals surface area contributed by atoms with E-state index < -0.39 is 0 Å². The number of nitrogens with zero attached hydrogens (tertiary/aromatic N) is 4. The highest BCUT2D eigenvalue weighted by Gasteiger charge is 2.17. The quantitative estimate of drug-likeness (QED) is 0.802. The number of aromatic nitrogens is 3. The maximum atomic E-state index is 6.04. The highest BCUT2D eigenvalue weighted by Crippen LogP contribution is 2.38. The summed E-state index contributed by atoms with van der Waals surface area (Å²) in [5, 5.41) is 1.03. The molecule has 106 valence electrons. The minimum absolute atomic E-state index is 0.550. The third-order valence-corrected chi connectivity index (χ3v) is 4.12. The van der Waals surface area contributed by atoms with Gasteiger partial charge in [0.2, 0.25) is 0 Å². The van der Waals surface area contributed by atoms with Crippen molar-refractivity contribution in [2.45, 2.75) is 6.54 Å². The Labute approximate surface area is 127 Å². The zero-order valence-electron chi connectivity index (χ0n) is 11.6. The van der Waals surface area contributed by atoms with E-state index in [2.05, 4.69) is 19.2 Å². The third-order valence-electron chi connectivity index (χ3n) is 3.14. The molecule has 0 aliphatic rings. The van der Waals surface area contributed by atoms with Gasteiger partial charge in [0, 0.05) is 25.6 Å². The maximum Gasteiger partial charge on any atom is 0.147 e. The third kappa shape index (κ3) is 2.85. The summed E-state index contributed by atoms with van der Waals surface area (Å²) in [7, 11) is 2.02. The first-order valence-electron chi connectivity index (χ1n) is 6.52. The Morgan fingerprint density at radius 1 is 1.14 bits per heavy atom. The van der Waals surface area contributed by atoms with Crippen LogP contribution in [0.25, 0.3) is 11.1 Å². The van der Waals surface area contributed by atoms with Gasteiger partial charge in [-0.1, -0.05) is 6.07 Å². The molecule has 0 saturated heterocycles. The molecular formula is C15H15N5S. The van der Waals surface area contributed by atoms with Gasteiger partial charge in [0.15, 0.2) is 0 Å². The molecule has 0 radical (unpaired) electrons. The number of pyridine rings is 2. The van der Waals surface area contributed by atoms with Gasteiger partial charge < -0.3 is 10.6 Å². The summed E-state index contributed by atoms with van der Waals surface area (Å²) in [6, 6.07) is 9.79. The van der Waals surface area contributed by atoms with E-state index in [1.807, 2.05) is 37.4 Å². The van der Waals surface area contributed by atoms with Crippen LogP contribution in [0.5, 0.6) is 0 Å². The minimum atomic E-state index is 0.550. The largest absolute Gasteiger partial charge is 0.382 e. The summed E-state index contributed by atoms with van der Waals surface area (Å²) >= 11 is 1.40. The second kappa shape index (κ2) is 5.88. The Kier molecular flexibility index (Phi) is 3.79. The Bertz CT molecular complexity index is 711. The minimum Gasteiger partial charge on any atom is -0.382 e. The lowest BCUT2D eigenvalue weighted by molar-refractivity contribution is 0.895. The first-order chi connectivity index (χ1) is 10.3. The van der Waals surface area contributed by atoms with Crippen LogP contribution in [-0.2, 0) is 6.54 Å². The molecule has 0 amide bonds. The van der Waals surface area contributed by atoms with Crippen LogP contribution in [0, 0.1) is 0 Å². The second-order valence-electron chi connectivity index (χ2n) is 4.66. The summed E-state index contributed by atoms with van der Waals surface area (Å²) in [6.45, 7) is 0.709. The average molecular weight is 297 g/mol. The van der Waals surface area contributed by atoms with Crippen molar-refractivity contribution < 1.29 is 0 Å². The molecule has 6 heteroatoms. The van der Waals surface area contributed by atoms with Gasteiger partial charge in [-0.2, -0.15) is 4.37 Å². The zero-order valence-corrected chi connectivity index (χ0v) is 12.4. The number of rotatable bonds is 4. The van der Waals surface area contributed by atoms with E-state index in [0.717, 1.165) is 21.8 Å². The lowest BCUT2D eigenvalue weighted by Crippen LogP contribution is -2.16. The lowest BCUT2D eigenvalue weighted by atomic mass is 10.1. The van der Waals surface area contributed by atoms with Gasteiger partial charge >= 0.3 is 0 Å². The molecule has 3 aromatic rings. The molecule has 0 saturated carbocycles. The fourth-order valence-corrected chi connectivity index (χ4v) is 2.94. The Morgan fingerprint density at radius 2 is 1.95 bits per heavy atom. The molecule has 21 heavy (non-hydrogen) atoms. The van der Waals surface area contributed by atoms with E-state index in [1.54, 1.807) is 18.6 Å². The molecule has 0 aliphatic carbocycles. The highest BCUT2D eigenvalue weighted by atomic mass is 32.1. The summed E-state index contributed by atoms with van der Waals surface area (Å²) in [4.78, 5) is 10.5. The standard InChI is InChI=1S/C15H15N5S/c1-20(10-12-4-2-3-7-18-12)15-13(14(16)19-21-15)11-5-8-17-9-6-11/h2-9H,10H2,1H3,(H2,16,19). The number of nitrogen functional groups attached to an aromatic ring is 1. The van der Waals surface area contributed by atoms with Gasteiger partial charge in [-0.25, -0.2) is 0 Å². The number of nitrogens with two attached hydrogens (primary N) is 1. The SMILES string of the molecule is CN(Cc1ccccn1)c1snc(N)c1-c1ccncc1. The van der Waals surface area contributed by atoms with Crippen LogP contribution >= 0.6 is 11.5 Å². The van der Waals surface area contributed by atoms with E-state index in [1.165, 1.54) is 11.5 Å². The average Bonchev–Trinajstić information content (AvgIpc) is 2.91. The summed E-state index contributed by atoms with van der Waals surface area (Å²) in [6.07, 6.45) is 5.32. The summed E-state index contributed by atoms with van der Waals surface area (Å²) in [5.41, 5.74) is 9.03. The van der Waals surface area contributed by atoms with Crippen LogP contribution in [-0.4, -0.2) is 21.4 Å². The van der Waals surface area contributed by atoms with Crippen molar-refractivity contribution in [1.29, 1.82) is 0 Å². The predicted molar refractivity (Wildman–Crippen MR) is 86.1 cm³/mol. The molecule has 0 fully saturated rings. The van der Waals surface area contributed by atoms with E-state index >= 15 is 0 Å². The summed E-state index contributed by atoms with van der Waals surface area (Å²) < 4.78 is 4.29. The molecule has 0 atom stereocenters. The van der Waals surface area contributed by atoms with Gasteiger partial charge in [0.1, 0.15) is 10.8 Å². The van der Waals surface area contributed by atoms with Crippen molar-refractivity contribution >= 4 is 22.4 Å². The molecule has 0 spiro atoms. The van der Waals surface area contributed by atoms with E-state index in [9.17, 15) is 0 Å². The molecule has 3 heterocycles. The topological polar surface area (TPSA) is 67.9 Å². The number of hydrogen-bond acceptors (Lipinski definition) is 6. The van der Waals surface area contributed by atoms with Crippen molar-refractivity contribution in [2.75, 3.05) is 17.7 Å². The van der Waals surface area contributed by atoms with Crippen LogP contribution in [0.3, 0.4) is 0 Å². The van der Waals surface area contributed by atoms with Crippen molar-refractivity contribution in [1.82, 2.24) is 14.3 Å². The van der Waals surface area contributed by atoms with Gasteiger partial charge in [-0.3, -0.25) is 9.97 Å². The Hall–Kier alpha value is -2.47. The maximum absolute atomic E-state index is 6.04. The first-order valence-corrected chi connectivity index (χ1v) is 7.29. The van der Waals surface area contributed by atoms with E-state index in [-0.39, 0.29) is 0 Å². The van der Waals surface area contributed by atoms with Crippen LogP contribution in [0.4, 0.5) is 10.8 Å². The number of hydrogen-bond donors (Lipinski definition) is 1. The second-order valence-corrected chi connectivity index (χ2v) is 5.41. The molecule has 2 N–H and O–H groups in total. The van der Waals surface area contributed by atoms with Crippen LogP contribution in [0.1, 0.15) is 5.69 Å². The molecule has 3 aromatic heterocycles. The predicted octanol–water partition coefficient (Wildman–Crippen LogP) is 2.82. The molecule has 5 nitrogen and oxygen atoms in total. The van der Waals surface area contributed by atoms with Crippen molar-refractivity contribution in [3.63, 3.8) is 0 Å². The molecule has 0 bridgehead atoms. The lowest BCUT2D eigenvalue weighted by Gasteiger charge is -2.18. The van der Waals surface area contributed by atoms with Crippen molar-refractivity contribution in [3.05, 3.63) is 54.6 Å². The van der Waals surface area contributed by atoms with Gasteiger partial charge in [0.05, 0.1) is 17.8 Å². The zero-order chi connectivity index (χ0) is 14.7. The van der Waals surface area contributed by atoms with E-state index in [0.29, 0.717) is 12.4 Å². The van der Waals surface area contributed by atoms with Crippen molar-refractivity contribution in [3.8, 4) is 11.1 Å². The normalized spacial score (nSPS) is 10.5. The van der Waals surface area contributed by atoms with Gasteiger partial charge in [-0.15, -0.1) is 0 Å². The smallest absolute Gasteiger partial charge is 0.147 e. The number of anilines is 2. The summed E-state index contributed by atoms with van der Waals surface area (Å²) in [5.74, 6) is 0.550. The Morgan fingerprint density at radius 3 is 2.67 bits per heavy atom. The van der Waals surface area contributed by atoms with Crippen LogP contribution in [0.2, 0.25) is 0 Å². The fraction of sp³-hybridized carbons (Fsp3) is 0.133. The first kappa shape index (κ1) is 13.5. The molecular weight excluding hydrogens is 282 g/mol.